The minimum atomic E-state index is -1.14. The summed E-state index contributed by atoms with van der Waals surface area (Å²) in [5.41, 5.74) is 1.74. The summed E-state index contributed by atoms with van der Waals surface area (Å²) in [5.74, 6) is -2.37. The van der Waals surface area contributed by atoms with E-state index in [-0.39, 0.29) is 59.5 Å². The molecule has 0 aliphatic carbocycles. The number of halogens is 3. The molecule has 1 aliphatic heterocycles. The maximum atomic E-state index is 15.6. The summed E-state index contributed by atoms with van der Waals surface area (Å²) in [5, 5.41) is 10.3. The SMILES string of the molecule is CN(C)c1cc(Cl)ccc1COc1cccc(-c2cc(F)c(Cn3c(=O)c4ccc(C(=O)O)cc4n3C[C@@H]3CCO3)cc2F)n1. The highest BCUT2D eigenvalue weighted by atomic mass is 35.5. The maximum absolute atomic E-state index is 15.6. The standard InChI is InChI=1S/C33H29ClF2N4O5/c1-38(2)29-14-22(34)8-6-20(29)18-45-31-5-3-4-28(37-31)25-15-26(35)21(12-27(25)36)16-40-32(41)24-9-7-19(33(42)43)13-30(24)39(40)17-23-10-11-44-23/h3-9,12-15,23H,10-11,16-18H2,1-2H3,(H,42,43)/t23-/m0/s1. The number of rotatable bonds is 10. The third kappa shape index (κ3) is 6.13. The number of hydrogen-bond donors (Lipinski definition) is 1. The largest absolute Gasteiger partial charge is 0.478 e. The zero-order chi connectivity index (χ0) is 31.8. The summed E-state index contributed by atoms with van der Waals surface area (Å²) in [6.45, 7) is 0.734. The van der Waals surface area contributed by atoms with Gasteiger partial charge in [0.2, 0.25) is 5.88 Å². The van der Waals surface area contributed by atoms with E-state index in [1.807, 2.05) is 31.1 Å². The Balaban J connectivity index is 1.29. The summed E-state index contributed by atoms with van der Waals surface area (Å²) in [6.07, 6.45) is 0.578. The molecule has 1 saturated heterocycles. The van der Waals surface area contributed by atoms with Crippen LogP contribution < -0.4 is 15.2 Å². The fourth-order valence-corrected chi connectivity index (χ4v) is 5.52. The van der Waals surface area contributed by atoms with Gasteiger partial charge in [-0.05, 0) is 55.0 Å². The van der Waals surface area contributed by atoms with E-state index in [2.05, 4.69) is 4.98 Å². The summed E-state index contributed by atoms with van der Waals surface area (Å²) < 4.78 is 45.5. The van der Waals surface area contributed by atoms with Crippen LogP contribution in [0.5, 0.6) is 5.88 Å². The van der Waals surface area contributed by atoms with E-state index in [0.29, 0.717) is 17.1 Å². The summed E-state index contributed by atoms with van der Waals surface area (Å²) in [6, 6.07) is 16.6. The highest BCUT2D eigenvalue weighted by molar-refractivity contribution is 6.30. The molecule has 1 fully saturated rings. The molecule has 5 aromatic rings. The topological polar surface area (TPSA) is 98.8 Å². The molecule has 0 saturated carbocycles. The molecule has 3 aromatic carbocycles. The molecule has 0 unspecified atom stereocenters. The van der Waals surface area contributed by atoms with Crippen molar-refractivity contribution in [2.45, 2.75) is 32.2 Å². The molecule has 3 heterocycles. The lowest BCUT2D eigenvalue weighted by Gasteiger charge is -2.28. The average Bonchev–Trinajstić information content (AvgIpc) is 3.25. The van der Waals surface area contributed by atoms with Gasteiger partial charge in [-0.25, -0.2) is 23.2 Å². The Morgan fingerprint density at radius 3 is 2.58 bits per heavy atom. The number of fused-ring (bicyclic) bond motifs is 1. The first-order valence-corrected chi connectivity index (χ1v) is 14.6. The second kappa shape index (κ2) is 12.3. The minimum Gasteiger partial charge on any atom is -0.478 e. The quantitative estimate of drug-likeness (QED) is 0.202. The van der Waals surface area contributed by atoms with Crippen molar-refractivity contribution in [1.82, 2.24) is 14.3 Å². The van der Waals surface area contributed by atoms with Crippen LogP contribution in [0.15, 0.2) is 71.5 Å². The third-order valence-electron chi connectivity index (χ3n) is 7.81. The van der Waals surface area contributed by atoms with Crippen LogP contribution in [0.1, 0.15) is 27.9 Å². The smallest absolute Gasteiger partial charge is 0.335 e. The Morgan fingerprint density at radius 1 is 1.07 bits per heavy atom. The van der Waals surface area contributed by atoms with Gasteiger partial charge in [0.15, 0.2) is 0 Å². The third-order valence-corrected chi connectivity index (χ3v) is 8.04. The van der Waals surface area contributed by atoms with Crippen LogP contribution in [0.2, 0.25) is 5.02 Å². The van der Waals surface area contributed by atoms with Gasteiger partial charge >= 0.3 is 5.97 Å². The van der Waals surface area contributed by atoms with Crippen LogP contribution >= 0.6 is 11.6 Å². The predicted octanol–water partition coefficient (Wildman–Crippen LogP) is 5.98. The van der Waals surface area contributed by atoms with Crippen molar-refractivity contribution in [3.63, 3.8) is 0 Å². The molecule has 0 radical (unpaired) electrons. The molecule has 12 heteroatoms. The summed E-state index contributed by atoms with van der Waals surface area (Å²) >= 11 is 6.14. The van der Waals surface area contributed by atoms with E-state index in [9.17, 15) is 14.7 Å². The van der Waals surface area contributed by atoms with Gasteiger partial charge < -0.3 is 19.5 Å². The van der Waals surface area contributed by atoms with Crippen LogP contribution in [0.3, 0.4) is 0 Å². The van der Waals surface area contributed by atoms with Crippen molar-refractivity contribution in [2.75, 3.05) is 25.6 Å². The molecule has 0 amide bonds. The number of hydrogen-bond acceptors (Lipinski definition) is 6. The van der Waals surface area contributed by atoms with Gasteiger partial charge in [0.05, 0.1) is 41.4 Å². The Bertz CT molecular complexity index is 1990. The van der Waals surface area contributed by atoms with Gasteiger partial charge in [-0.15, -0.1) is 0 Å². The fraction of sp³-hybridized carbons (Fsp3) is 0.242. The van der Waals surface area contributed by atoms with Crippen molar-refractivity contribution in [1.29, 1.82) is 0 Å². The molecule has 0 spiro atoms. The lowest BCUT2D eigenvalue weighted by Crippen LogP contribution is -2.35. The van der Waals surface area contributed by atoms with E-state index < -0.39 is 23.2 Å². The van der Waals surface area contributed by atoms with Crippen LogP contribution in [-0.2, 0) is 24.4 Å². The van der Waals surface area contributed by atoms with Gasteiger partial charge in [0.25, 0.3) is 5.56 Å². The molecule has 1 aliphatic rings. The predicted molar refractivity (Wildman–Crippen MR) is 166 cm³/mol. The van der Waals surface area contributed by atoms with Crippen molar-refractivity contribution in [2.24, 2.45) is 0 Å². The first kappa shape index (κ1) is 30.3. The number of aromatic nitrogens is 3. The van der Waals surface area contributed by atoms with E-state index in [1.54, 1.807) is 28.9 Å². The Kier molecular flexibility index (Phi) is 8.30. The molecule has 0 bridgehead atoms. The van der Waals surface area contributed by atoms with Gasteiger partial charge in [-0.1, -0.05) is 23.7 Å². The fourth-order valence-electron chi connectivity index (χ4n) is 5.35. The lowest BCUT2D eigenvalue weighted by atomic mass is 10.1. The highest BCUT2D eigenvalue weighted by Gasteiger charge is 2.24. The van der Waals surface area contributed by atoms with E-state index in [1.165, 1.54) is 22.9 Å². The highest BCUT2D eigenvalue weighted by Crippen LogP contribution is 2.29. The maximum Gasteiger partial charge on any atom is 0.335 e. The molecule has 6 rings (SSSR count). The average molecular weight is 635 g/mol. The zero-order valence-corrected chi connectivity index (χ0v) is 25.2. The number of carbonyl (C=O) groups is 1. The number of aromatic carboxylic acids is 1. The van der Waals surface area contributed by atoms with E-state index in [4.69, 9.17) is 21.1 Å². The van der Waals surface area contributed by atoms with Gasteiger partial charge in [-0.2, -0.15) is 0 Å². The van der Waals surface area contributed by atoms with E-state index >= 15 is 8.78 Å². The molecule has 2 aromatic heterocycles. The Labute approximate surface area is 261 Å². The molecular formula is C33H29ClF2N4O5. The Morgan fingerprint density at radius 2 is 1.87 bits per heavy atom. The Hall–Kier alpha value is -4.74. The zero-order valence-electron chi connectivity index (χ0n) is 24.5. The number of nitrogens with zero attached hydrogens (tertiary/aromatic N) is 4. The monoisotopic (exact) mass is 634 g/mol. The van der Waals surface area contributed by atoms with Crippen molar-refractivity contribution < 1.29 is 28.2 Å². The van der Waals surface area contributed by atoms with Crippen LogP contribution in [0, 0.1) is 11.6 Å². The number of carboxylic acid groups (broad SMARTS) is 1. The van der Waals surface area contributed by atoms with Gasteiger partial charge in [-0.3, -0.25) is 9.48 Å². The molecule has 1 atom stereocenters. The minimum absolute atomic E-state index is 0.00882. The number of anilines is 1. The molecule has 9 nitrogen and oxygen atoms in total. The summed E-state index contributed by atoms with van der Waals surface area (Å²) in [4.78, 5) is 31.3. The first-order valence-electron chi connectivity index (χ1n) is 14.2. The number of ether oxygens (including phenoxy) is 2. The van der Waals surface area contributed by atoms with Gasteiger partial charge in [0.1, 0.15) is 18.2 Å². The van der Waals surface area contributed by atoms with Crippen molar-refractivity contribution in [3.8, 4) is 17.1 Å². The second-order valence-corrected chi connectivity index (χ2v) is 11.4. The first-order chi connectivity index (χ1) is 21.6. The van der Waals surface area contributed by atoms with Crippen LogP contribution in [0.4, 0.5) is 14.5 Å². The molecule has 232 valence electrons. The number of carboxylic acids is 1. The van der Waals surface area contributed by atoms with Crippen LogP contribution in [0.25, 0.3) is 22.2 Å². The number of pyridine rings is 1. The second-order valence-electron chi connectivity index (χ2n) is 11.0. The molecule has 1 N–H and O–H groups in total. The normalized spacial score (nSPS) is 14.4. The molecule has 45 heavy (non-hydrogen) atoms. The van der Waals surface area contributed by atoms with Crippen LogP contribution in [-0.4, -0.2) is 52.2 Å². The summed E-state index contributed by atoms with van der Waals surface area (Å²) in [7, 11) is 3.78. The lowest BCUT2D eigenvalue weighted by molar-refractivity contribution is -0.0618. The van der Waals surface area contributed by atoms with Crippen molar-refractivity contribution >= 4 is 34.2 Å². The van der Waals surface area contributed by atoms with Gasteiger partial charge in [0, 0.05) is 54.2 Å². The molecular weight excluding hydrogens is 606 g/mol. The van der Waals surface area contributed by atoms with E-state index in [0.717, 1.165) is 29.8 Å². The number of benzene rings is 3. The van der Waals surface area contributed by atoms with Crippen molar-refractivity contribution in [3.05, 3.63) is 110 Å².